The topological polar surface area (TPSA) is 27.7 Å². The Morgan fingerprint density at radius 1 is 0.857 bits per heavy atom. The van der Waals surface area contributed by atoms with Crippen LogP contribution in [0.3, 0.4) is 0 Å². The van der Waals surface area contributed by atoms with Crippen LogP contribution in [0.1, 0.15) is 87.5 Å². The minimum atomic E-state index is -2.63. The van der Waals surface area contributed by atoms with Crippen molar-refractivity contribution in [2.24, 2.45) is 0 Å². The van der Waals surface area contributed by atoms with Gasteiger partial charge in [-0.1, -0.05) is 33.1 Å². The lowest BCUT2D eigenvalue weighted by atomic mass is 10.0. The van der Waals surface area contributed by atoms with Crippen LogP contribution in [0.15, 0.2) is 0 Å². The molecule has 0 heterocycles. The zero-order chi connectivity index (χ0) is 16.5. The van der Waals surface area contributed by atoms with Crippen molar-refractivity contribution in [2.45, 2.75) is 111 Å². The summed E-state index contributed by atoms with van der Waals surface area (Å²) in [5.74, 6) is 0. The fourth-order valence-corrected chi connectivity index (χ4v) is 6.09. The maximum atomic E-state index is 6.55. The molecule has 0 unspecified atom stereocenters. The Labute approximate surface area is 134 Å². The first kappa shape index (κ1) is 21.1. The Morgan fingerprint density at radius 3 is 1.71 bits per heavy atom. The molecule has 0 saturated heterocycles. The number of hydrogen-bond donors (Lipinski definition) is 0. The monoisotopic (exact) mass is 318 g/mol. The highest BCUT2D eigenvalue weighted by Gasteiger charge is 2.46. The van der Waals surface area contributed by atoms with Crippen molar-refractivity contribution in [1.82, 2.24) is 0 Å². The second-order valence-electron chi connectivity index (χ2n) is 7.09. The number of hydrogen-bond acceptors (Lipinski definition) is 3. The molecule has 0 radical (unpaired) electrons. The van der Waals surface area contributed by atoms with Crippen LogP contribution >= 0.6 is 0 Å². The van der Waals surface area contributed by atoms with Crippen LogP contribution in [0.25, 0.3) is 0 Å². The molecule has 0 aliphatic heterocycles. The van der Waals surface area contributed by atoms with E-state index in [0.717, 1.165) is 25.3 Å². The second-order valence-corrected chi connectivity index (χ2v) is 9.63. The van der Waals surface area contributed by atoms with E-state index in [1.807, 2.05) is 0 Å². The summed E-state index contributed by atoms with van der Waals surface area (Å²) in [6.45, 7) is 17.0. The highest BCUT2D eigenvalue weighted by atomic mass is 28.4. The lowest BCUT2D eigenvalue weighted by Crippen LogP contribution is -2.53. The predicted molar refractivity (Wildman–Crippen MR) is 92.6 cm³/mol. The first-order chi connectivity index (χ1) is 9.66. The van der Waals surface area contributed by atoms with Gasteiger partial charge >= 0.3 is 8.80 Å². The third kappa shape index (κ3) is 9.66. The van der Waals surface area contributed by atoms with Crippen molar-refractivity contribution in [3.8, 4) is 0 Å². The van der Waals surface area contributed by atoms with Crippen LogP contribution in [0.5, 0.6) is 0 Å². The maximum Gasteiger partial charge on any atom is 0.501 e. The smallest absolute Gasteiger partial charge is 0.371 e. The van der Waals surface area contributed by atoms with Gasteiger partial charge in [0.2, 0.25) is 0 Å². The van der Waals surface area contributed by atoms with Crippen LogP contribution < -0.4 is 0 Å². The number of rotatable bonds is 12. The van der Waals surface area contributed by atoms with Crippen molar-refractivity contribution in [2.75, 3.05) is 0 Å². The molecule has 0 aromatic carbocycles. The van der Waals surface area contributed by atoms with Crippen LogP contribution in [-0.4, -0.2) is 26.6 Å². The van der Waals surface area contributed by atoms with E-state index in [1.54, 1.807) is 0 Å². The quantitative estimate of drug-likeness (QED) is 0.441. The highest BCUT2D eigenvalue weighted by Crippen LogP contribution is 2.30. The molecule has 0 aliphatic carbocycles. The van der Waals surface area contributed by atoms with Gasteiger partial charge in [-0.05, 0) is 54.4 Å². The van der Waals surface area contributed by atoms with Gasteiger partial charge in [0, 0.05) is 18.3 Å². The van der Waals surface area contributed by atoms with Gasteiger partial charge in [0.05, 0.1) is 5.60 Å². The van der Waals surface area contributed by atoms with Crippen LogP contribution in [0, 0.1) is 0 Å². The largest absolute Gasteiger partial charge is 0.501 e. The lowest BCUT2D eigenvalue weighted by molar-refractivity contribution is -0.0411. The first-order valence-electron chi connectivity index (χ1n) is 8.72. The average molecular weight is 319 g/mol. The third-order valence-corrected chi connectivity index (χ3v) is 6.72. The molecular formula is C17H38O3Si. The van der Waals surface area contributed by atoms with Crippen molar-refractivity contribution >= 4 is 8.80 Å². The van der Waals surface area contributed by atoms with Gasteiger partial charge < -0.3 is 13.3 Å². The highest BCUT2D eigenvalue weighted by molar-refractivity contribution is 6.60. The molecule has 0 amide bonds. The van der Waals surface area contributed by atoms with E-state index in [9.17, 15) is 0 Å². The standard InChI is InChI=1S/C17H38O3Si/c1-9-11-13-17(7,8)20-21(14-12-10-2,18-15(3)4)19-16(5)6/h15-16H,9-14H2,1-8H3. The molecule has 0 spiro atoms. The summed E-state index contributed by atoms with van der Waals surface area (Å²) < 4.78 is 19.1. The molecule has 3 nitrogen and oxygen atoms in total. The summed E-state index contributed by atoms with van der Waals surface area (Å²) in [7, 11) is -2.63. The molecule has 4 heteroatoms. The molecule has 0 atom stereocenters. The molecular weight excluding hydrogens is 280 g/mol. The normalized spacial score (nSPS) is 13.4. The van der Waals surface area contributed by atoms with Gasteiger partial charge in [0.25, 0.3) is 0 Å². The number of unbranched alkanes of at least 4 members (excludes halogenated alkanes) is 2. The summed E-state index contributed by atoms with van der Waals surface area (Å²) in [6, 6.07) is 0.912. The second kappa shape index (κ2) is 9.98. The Balaban J connectivity index is 5.10. The molecule has 0 saturated carbocycles. The van der Waals surface area contributed by atoms with Crippen LogP contribution in [0.2, 0.25) is 6.04 Å². The lowest BCUT2D eigenvalue weighted by Gasteiger charge is -2.39. The van der Waals surface area contributed by atoms with E-state index in [4.69, 9.17) is 13.3 Å². The van der Waals surface area contributed by atoms with E-state index in [0.29, 0.717) is 0 Å². The van der Waals surface area contributed by atoms with Crippen molar-refractivity contribution in [3.05, 3.63) is 0 Å². The zero-order valence-corrected chi connectivity index (χ0v) is 16.6. The van der Waals surface area contributed by atoms with Crippen molar-refractivity contribution < 1.29 is 13.3 Å². The fraction of sp³-hybridized carbons (Fsp3) is 1.00. The van der Waals surface area contributed by atoms with E-state index >= 15 is 0 Å². The fourth-order valence-electron chi connectivity index (χ4n) is 2.43. The van der Waals surface area contributed by atoms with E-state index < -0.39 is 8.80 Å². The van der Waals surface area contributed by atoms with Gasteiger partial charge in [-0.2, -0.15) is 0 Å². The van der Waals surface area contributed by atoms with Crippen molar-refractivity contribution in [3.63, 3.8) is 0 Å². The average Bonchev–Trinajstić information content (AvgIpc) is 2.31. The molecule has 0 aliphatic rings. The van der Waals surface area contributed by atoms with Gasteiger partial charge in [-0.15, -0.1) is 0 Å². The Kier molecular flexibility index (Phi) is 10.0. The molecule has 0 N–H and O–H groups in total. The van der Waals surface area contributed by atoms with Gasteiger partial charge in [0.15, 0.2) is 0 Å². The molecule has 128 valence electrons. The van der Waals surface area contributed by atoms with Crippen molar-refractivity contribution in [1.29, 1.82) is 0 Å². The van der Waals surface area contributed by atoms with E-state index in [-0.39, 0.29) is 17.8 Å². The van der Waals surface area contributed by atoms with Crippen LogP contribution in [-0.2, 0) is 13.3 Å². The first-order valence-corrected chi connectivity index (χ1v) is 10.7. The summed E-state index contributed by atoms with van der Waals surface area (Å²) in [5, 5.41) is 0. The molecule has 0 rings (SSSR count). The SMILES string of the molecule is CCCCC(C)(C)O[Si](CCCC)(OC(C)C)OC(C)C. The Bertz CT molecular complexity index is 255. The molecule has 0 aromatic heterocycles. The predicted octanol–water partition coefficient (Wildman–Crippen LogP) is 5.56. The molecule has 0 bridgehead atoms. The van der Waals surface area contributed by atoms with Gasteiger partial charge in [-0.25, -0.2) is 0 Å². The van der Waals surface area contributed by atoms with Gasteiger partial charge in [-0.3, -0.25) is 0 Å². The van der Waals surface area contributed by atoms with Gasteiger partial charge in [0.1, 0.15) is 0 Å². The Hall–Kier alpha value is 0.0969. The minimum Gasteiger partial charge on any atom is -0.371 e. The summed E-state index contributed by atoms with van der Waals surface area (Å²) in [6.07, 6.45) is 5.91. The van der Waals surface area contributed by atoms with E-state index in [1.165, 1.54) is 12.8 Å². The molecule has 0 aromatic rings. The molecule has 21 heavy (non-hydrogen) atoms. The summed E-state index contributed by atoms with van der Waals surface area (Å²) >= 11 is 0. The third-order valence-electron chi connectivity index (χ3n) is 3.23. The van der Waals surface area contributed by atoms with Crippen LogP contribution in [0.4, 0.5) is 0 Å². The Morgan fingerprint density at radius 2 is 1.33 bits per heavy atom. The zero-order valence-electron chi connectivity index (χ0n) is 15.6. The summed E-state index contributed by atoms with van der Waals surface area (Å²) in [5.41, 5.74) is -0.181. The molecule has 0 fully saturated rings. The maximum absolute atomic E-state index is 6.55. The van der Waals surface area contributed by atoms with E-state index in [2.05, 4.69) is 55.4 Å². The minimum absolute atomic E-state index is 0.134. The summed E-state index contributed by atoms with van der Waals surface area (Å²) in [4.78, 5) is 0.